The average Bonchev–Trinajstić information content (AvgIpc) is 2.45. The van der Waals surface area contributed by atoms with Crippen LogP contribution in [0.5, 0.6) is 5.88 Å². The second kappa shape index (κ2) is 4.66. The maximum absolute atomic E-state index is 8.89. The Kier molecular flexibility index (Phi) is 3.74. The lowest BCUT2D eigenvalue weighted by Crippen LogP contribution is -2.17. The summed E-state index contributed by atoms with van der Waals surface area (Å²) in [6.07, 6.45) is 2.36. The highest BCUT2D eigenvalue weighted by atomic mass is 16.5. The van der Waals surface area contributed by atoms with Crippen LogP contribution in [-0.4, -0.2) is 28.6 Å². The molecule has 0 radical (unpaired) electrons. The van der Waals surface area contributed by atoms with Gasteiger partial charge in [-0.15, -0.1) is 0 Å². The Balaban J connectivity index is 2.89. The van der Waals surface area contributed by atoms with Crippen molar-refractivity contribution in [3.8, 4) is 5.88 Å². The molecule has 0 saturated heterocycles. The lowest BCUT2D eigenvalue weighted by atomic mass is 9.97. The van der Waals surface area contributed by atoms with Crippen LogP contribution < -0.4 is 4.74 Å². The Morgan fingerprint density at radius 3 is 2.60 bits per heavy atom. The van der Waals surface area contributed by atoms with E-state index in [2.05, 4.69) is 25.9 Å². The second-order valence-electron chi connectivity index (χ2n) is 4.87. The molecule has 0 fully saturated rings. The van der Waals surface area contributed by atoms with Crippen molar-refractivity contribution in [1.82, 2.24) is 9.78 Å². The van der Waals surface area contributed by atoms with E-state index >= 15 is 0 Å². The summed E-state index contributed by atoms with van der Waals surface area (Å²) in [5.41, 5.74) is 1.12. The van der Waals surface area contributed by atoms with Crippen molar-refractivity contribution in [2.75, 3.05) is 13.7 Å². The van der Waals surface area contributed by atoms with Crippen molar-refractivity contribution in [1.29, 1.82) is 0 Å². The van der Waals surface area contributed by atoms with Gasteiger partial charge in [-0.1, -0.05) is 20.8 Å². The highest BCUT2D eigenvalue weighted by Crippen LogP contribution is 2.23. The van der Waals surface area contributed by atoms with E-state index in [1.165, 1.54) is 0 Å². The van der Waals surface area contributed by atoms with Gasteiger partial charge >= 0.3 is 0 Å². The Labute approximate surface area is 90.9 Å². The molecule has 0 aliphatic rings. The third-order valence-electron chi connectivity index (χ3n) is 2.06. The SMILES string of the molecule is COc1c(CCO)cnn1CC(C)(C)C. The number of aliphatic hydroxyl groups excluding tert-OH is 1. The Morgan fingerprint density at radius 1 is 1.47 bits per heavy atom. The number of aliphatic hydroxyl groups is 1. The van der Waals surface area contributed by atoms with E-state index in [1.54, 1.807) is 13.3 Å². The van der Waals surface area contributed by atoms with Gasteiger partial charge in [-0.2, -0.15) is 5.10 Å². The monoisotopic (exact) mass is 212 g/mol. The number of methoxy groups -OCH3 is 1. The first-order chi connectivity index (χ1) is 6.98. The second-order valence-corrected chi connectivity index (χ2v) is 4.87. The van der Waals surface area contributed by atoms with Gasteiger partial charge in [0.25, 0.3) is 0 Å². The third kappa shape index (κ3) is 3.23. The molecule has 0 atom stereocenters. The molecule has 0 spiro atoms. The van der Waals surface area contributed by atoms with Crippen molar-refractivity contribution < 1.29 is 9.84 Å². The van der Waals surface area contributed by atoms with Gasteiger partial charge in [-0.05, 0) is 5.41 Å². The molecule has 4 nitrogen and oxygen atoms in total. The molecule has 1 aromatic rings. The quantitative estimate of drug-likeness (QED) is 0.822. The molecular weight excluding hydrogens is 192 g/mol. The summed E-state index contributed by atoms with van der Waals surface area (Å²) in [5, 5.41) is 13.2. The number of nitrogens with zero attached hydrogens (tertiary/aromatic N) is 2. The summed E-state index contributed by atoms with van der Waals surface area (Å²) >= 11 is 0. The highest BCUT2D eigenvalue weighted by Gasteiger charge is 2.17. The maximum Gasteiger partial charge on any atom is 0.214 e. The average molecular weight is 212 g/mol. The third-order valence-corrected chi connectivity index (χ3v) is 2.06. The van der Waals surface area contributed by atoms with Gasteiger partial charge < -0.3 is 9.84 Å². The van der Waals surface area contributed by atoms with Gasteiger partial charge in [0.2, 0.25) is 5.88 Å². The van der Waals surface area contributed by atoms with Crippen LogP contribution in [0.15, 0.2) is 6.20 Å². The molecule has 0 aliphatic carbocycles. The molecule has 4 heteroatoms. The van der Waals surface area contributed by atoms with Gasteiger partial charge in [0, 0.05) is 25.1 Å². The summed E-state index contributed by atoms with van der Waals surface area (Å²) in [4.78, 5) is 0. The van der Waals surface area contributed by atoms with Crippen LogP contribution >= 0.6 is 0 Å². The zero-order valence-electron chi connectivity index (χ0n) is 9.95. The van der Waals surface area contributed by atoms with E-state index < -0.39 is 0 Å². The lowest BCUT2D eigenvalue weighted by Gasteiger charge is -2.19. The molecule has 1 aromatic heterocycles. The molecule has 1 rings (SSSR count). The Morgan fingerprint density at radius 2 is 2.13 bits per heavy atom. The first-order valence-corrected chi connectivity index (χ1v) is 5.17. The van der Waals surface area contributed by atoms with Crippen LogP contribution in [0.1, 0.15) is 26.3 Å². The van der Waals surface area contributed by atoms with Crippen LogP contribution in [0.4, 0.5) is 0 Å². The molecule has 1 heterocycles. The zero-order chi connectivity index (χ0) is 11.5. The zero-order valence-corrected chi connectivity index (χ0v) is 9.95. The number of hydrogen-bond donors (Lipinski definition) is 1. The van der Waals surface area contributed by atoms with E-state index in [0.29, 0.717) is 6.42 Å². The standard InChI is InChI=1S/C11H20N2O2/c1-11(2,3)8-13-10(15-4)9(5-6-14)7-12-13/h7,14H,5-6,8H2,1-4H3. The van der Waals surface area contributed by atoms with Crippen LogP contribution in [0.3, 0.4) is 0 Å². The molecule has 0 saturated carbocycles. The van der Waals surface area contributed by atoms with E-state index in [4.69, 9.17) is 9.84 Å². The number of ether oxygens (including phenoxy) is 1. The summed E-state index contributed by atoms with van der Waals surface area (Å²) in [6.45, 7) is 7.39. The van der Waals surface area contributed by atoms with E-state index in [-0.39, 0.29) is 12.0 Å². The van der Waals surface area contributed by atoms with Gasteiger partial charge in [-0.3, -0.25) is 0 Å². The Hall–Kier alpha value is -1.03. The van der Waals surface area contributed by atoms with Gasteiger partial charge in [0.05, 0.1) is 13.3 Å². The minimum Gasteiger partial charge on any atom is -0.481 e. The van der Waals surface area contributed by atoms with E-state index in [0.717, 1.165) is 18.0 Å². The number of aromatic nitrogens is 2. The molecule has 0 aromatic carbocycles. The summed E-state index contributed by atoms with van der Waals surface area (Å²) < 4.78 is 7.16. The minimum atomic E-state index is 0.123. The first kappa shape index (κ1) is 12.0. The van der Waals surface area contributed by atoms with Crippen LogP contribution in [-0.2, 0) is 13.0 Å². The predicted octanol–water partition coefficient (Wildman–Crippen LogP) is 1.47. The Bertz CT molecular complexity index is 313. The largest absolute Gasteiger partial charge is 0.481 e. The lowest BCUT2D eigenvalue weighted by molar-refractivity contribution is 0.277. The molecule has 0 amide bonds. The number of rotatable bonds is 4. The maximum atomic E-state index is 8.89. The summed E-state index contributed by atoms with van der Waals surface area (Å²) in [5.74, 6) is 0.763. The van der Waals surface area contributed by atoms with Gasteiger partial charge in [0.15, 0.2) is 0 Å². The molecular formula is C11H20N2O2. The van der Waals surface area contributed by atoms with Gasteiger partial charge in [-0.25, -0.2) is 4.68 Å². The molecule has 0 aliphatic heterocycles. The molecule has 86 valence electrons. The van der Waals surface area contributed by atoms with Crippen molar-refractivity contribution in [2.45, 2.75) is 33.7 Å². The fourth-order valence-electron chi connectivity index (χ4n) is 1.50. The molecule has 1 N–H and O–H groups in total. The van der Waals surface area contributed by atoms with Crippen LogP contribution in [0.2, 0.25) is 0 Å². The van der Waals surface area contributed by atoms with Crippen LogP contribution in [0, 0.1) is 5.41 Å². The fourth-order valence-corrected chi connectivity index (χ4v) is 1.50. The van der Waals surface area contributed by atoms with Crippen molar-refractivity contribution in [3.05, 3.63) is 11.8 Å². The van der Waals surface area contributed by atoms with Crippen molar-refractivity contribution in [2.24, 2.45) is 5.41 Å². The molecule has 15 heavy (non-hydrogen) atoms. The van der Waals surface area contributed by atoms with E-state index in [9.17, 15) is 0 Å². The number of hydrogen-bond acceptors (Lipinski definition) is 3. The summed E-state index contributed by atoms with van der Waals surface area (Å²) in [7, 11) is 1.64. The van der Waals surface area contributed by atoms with Crippen molar-refractivity contribution >= 4 is 0 Å². The topological polar surface area (TPSA) is 47.3 Å². The summed E-state index contributed by atoms with van der Waals surface area (Å²) in [6, 6.07) is 0. The highest BCUT2D eigenvalue weighted by molar-refractivity contribution is 5.24. The minimum absolute atomic E-state index is 0.123. The van der Waals surface area contributed by atoms with Crippen LogP contribution in [0.25, 0.3) is 0 Å². The van der Waals surface area contributed by atoms with Gasteiger partial charge in [0.1, 0.15) is 0 Å². The fraction of sp³-hybridized carbons (Fsp3) is 0.727. The smallest absolute Gasteiger partial charge is 0.214 e. The molecule has 0 unspecified atom stereocenters. The first-order valence-electron chi connectivity index (χ1n) is 5.17. The predicted molar refractivity (Wildman–Crippen MR) is 59.0 cm³/mol. The van der Waals surface area contributed by atoms with Crippen molar-refractivity contribution in [3.63, 3.8) is 0 Å². The normalized spacial score (nSPS) is 11.8. The molecule has 0 bridgehead atoms. The van der Waals surface area contributed by atoms with E-state index in [1.807, 2.05) is 4.68 Å².